The Balaban J connectivity index is 1.79. The van der Waals surface area contributed by atoms with Crippen molar-refractivity contribution in [3.63, 3.8) is 0 Å². The molecule has 1 aliphatic rings. The summed E-state index contributed by atoms with van der Waals surface area (Å²) in [6, 6.07) is 1.90. The van der Waals surface area contributed by atoms with Gasteiger partial charge < -0.3 is 9.51 Å². The van der Waals surface area contributed by atoms with Crippen LogP contribution in [0.1, 0.15) is 29.7 Å². The molecule has 0 saturated heterocycles. The molecule has 7 heteroatoms. The van der Waals surface area contributed by atoms with Crippen molar-refractivity contribution >= 4 is 0 Å². The number of H-pyrrole nitrogens is 1. The predicted octanol–water partition coefficient (Wildman–Crippen LogP) is 2.01. The van der Waals surface area contributed by atoms with Gasteiger partial charge in [-0.15, -0.1) is 0 Å². The quantitative estimate of drug-likeness (QED) is 0.782. The number of rotatable bonds is 2. The third kappa shape index (κ3) is 2.28. The first-order valence-corrected chi connectivity index (χ1v) is 7.71. The molecule has 0 radical (unpaired) electrons. The van der Waals surface area contributed by atoms with Crippen LogP contribution in [-0.4, -0.2) is 24.9 Å². The van der Waals surface area contributed by atoms with E-state index in [2.05, 4.69) is 20.2 Å². The highest BCUT2D eigenvalue weighted by atomic mass is 16.5. The van der Waals surface area contributed by atoms with Gasteiger partial charge >= 0.3 is 0 Å². The summed E-state index contributed by atoms with van der Waals surface area (Å²) in [7, 11) is 1.82. The van der Waals surface area contributed by atoms with Crippen LogP contribution in [-0.2, 0) is 19.9 Å². The summed E-state index contributed by atoms with van der Waals surface area (Å²) in [5.74, 6) is 0.685. The summed E-state index contributed by atoms with van der Waals surface area (Å²) in [4.78, 5) is 19.7. The molecule has 1 aliphatic carbocycles. The molecule has 0 amide bonds. The van der Waals surface area contributed by atoms with Crippen LogP contribution in [0.15, 0.2) is 21.6 Å². The van der Waals surface area contributed by atoms with Crippen molar-refractivity contribution in [2.45, 2.75) is 32.6 Å². The van der Waals surface area contributed by atoms with Gasteiger partial charge in [-0.3, -0.25) is 9.48 Å². The van der Waals surface area contributed by atoms with Gasteiger partial charge in [0.05, 0.1) is 11.8 Å². The zero-order valence-electron chi connectivity index (χ0n) is 13.1. The molecule has 0 spiro atoms. The number of fused-ring (bicyclic) bond motifs is 1. The number of pyridine rings is 1. The third-order valence-electron chi connectivity index (χ3n) is 4.33. The summed E-state index contributed by atoms with van der Waals surface area (Å²) in [6.45, 7) is 1.93. The Morgan fingerprint density at radius 3 is 2.91 bits per heavy atom. The first kappa shape index (κ1) is 13.9. The lowest BCUT2D eigenvalue weighted by atomic mass is 9.95. The van der Waals surface area contributed by atoms with Crippen LogP contribution in [0.5, 0.6) is 0 Å². The standard InChI is InChI=1S/C16H17N5O2/c1-9-8-17-21(2)13(9)16-19-14(20-23-16)11-7-10-5-3-4-6-12(10)18-15(11)22/h7-8H,3-6H2,1-2H3,(H,18,22). The monoisotopic (exact) mass is 311 g/mol. The molecule has 3 heterocycles. The first-order valence-electron chi connectivity index (χ1n) is 7.71. The van der Waals surface area contributed by atoms with E-state index < -0.39 is 0 Å². The molecule has 0 atom stereocenters. The summed E-state index contributed by atoms with van der Waals surface area (Å²) < 4.78 is 7.03. The molecule has 0 aliphatic heterocycles. The Morgan fingerprint density at radius 2 is 2.13 bits per heavy atom. The van der Waals surface area contributed by atoms with E-state index in [1.807, 2.05) is 20.0 Å². The summed E-state index contributed by atoms with van der Waals surface area (Å²) in [5, 5.41) is 8.16. The van der Waals surface area contributed by atoms with Crippen molar-refractivity contribution in [2.24, 2.45) is 7.05 Å². The van der Waals surface area contributed by atoms with Crippen molar-refractivity contribution in [1.29, 1.82) is 0 Å². The lowest BCUT2D eigenvalue weighted by Gasteiger charge is -2.15. The fourth-order valence-corrected chi connectivity index (χ4v) is 3.12. The van der Waals surface area contributed by atoms with Gasteiger partial charge in [-0.1, -0.05) is 5.16 Å². The highest BCUT2D eigenvalue weighted by molar-refractivity contribution is 5.59. The number of aromatic nitrogens is 5. The minimum absolute atomic E-state index is 0.167. The van der Waals surface area contributed by atoms with Crippen LogP contribution in [0.2, 0.25) is 0 Å². The van der Waals surface area contributed by atoms with Crippen molar-refractivity contribution in [1.82, 2.24) is 24.9 Å². The second kappa shape index (κ2) is 5.19. The normalized spacial score (nSPS) is 14.0. The van der Waals surface area contributed by atoms with E-state index in [1.165, 1.54) is 5.56 Å². The van der Waals surface area contributed by atoms with Gasteiger partial charge in [0.1, 0.15) is 5.69 Å². The van der Waals surface area contributed by atoms with Crippen LogP contribution >= 0.6 is 0 Å². The lowest BCUT2D eigenvalue weighted by molar-refractivity contribution is 0.428. The van der Waals surface area contributed by atoms with Gasteiger partial charge in [0.2, 0.25) is 5.82 Å². The smallest absolute Gasteiger partial charge is 0.276 e. The number of nitrogens with zero attached hydrogens (tertiary/aromatic N) is 4. The lowest BCUT2D eigenvalue weighted by Crippen LogP contribution is -2.17. The van der Waals surface area contributed by atoms with Gasteiger partial charge in [0, 0.05) is 12.7 Å². The topological polar surface area (TPSA) is 89.6 Å². The maximum Gasteiger partial charge on any atom is 0.276 e. The first-order chi connectivity index (χ1) is 11.1. The number of aryl methyl sites for hydroxylation is 4. The van der Waals surface area contributed by atoms with E-state index in [9.17, 15) is 4.79 Å². The molecule has 0 saturated carbocycles. The Labute approximate surface area is 132 Å². The van der Waals surface area contributed by atoms with E-state index in [-0.39, 0.29) is 5.56 Å². The van der Waals surface area contributed by atoms with E-state index in [1.54, 1.807) is 10.9 Å². The van der Waals surface area contributed by atoms with Crippen LogP contribution in [0.25, 0.3) is 23.0 Å². The van der Waals surface area contributed by atoms with E-state index in [0.717, 1.165) is 42.6 Å². The summed E-state index contributed by atoms with van der Waals surface area (Å²) >= 11 is 0. The fraction of sp³-hybridized carbons (Fsp3) is 0.375. The van der Waals surface area contributed by atoms with Gasteiger partial charge in [0.15, 0.2) is 0 Å². The Kier molecular flexibility index (Phi) is 3.14. The molecule has 4 rings (SSSR count). The van der Waals surface area contributed by atoms with Crippen LogP contribution < -0.4 is 5.56 Å². The molecular weight excluding hydrogens is 294 g/mol. The average molecular weight is 311 g/mol. The average Bonchev–Trinajstić information content (AvgIpc) is 3.13. The zero-order chi connectivity index (χ0) is 16.0. The summed E-state index contributed by atoms with van der Waals surface area (Å²) in [6.07, 6.45) is 5.91. The van der Waals surface area contributed by atoms with Gasteiger partial charge in [0.25, 0.3) is 11.4 Å². The number of aromatic amines is 1. The molecule has 3 aromatic heterocycles. The molecule has 3 aromatic rings. The second-order valence-electron chi connectivity index (χ2n) is 5.95. The van der Waals surface area contributed by atoms with Crippen molar-refractivity contribution in [3.8, 4) is 23.0 Å². The number of hydrogen-bond acceptors (Lipinski definition) is 5. The van der Waals surface area contributed by atoms with Gasteiger partial charge in [-0.05, 0) is 49.8 Å². The second-order valence-corrected chi connectivity index (χ2v) is 5.95. The molecule has 118 valence electrons. The maximum atomic E-state index is 12.3. The molecular formula is C16H17N5O2. The Hall–Kier alpha value is -2.70. The molecule has 23 heavy (non-hydrogen) atoms. The zero-order valence-corrected chi connectivity index (χ0v) is 13.1. The fourth-order valence-electron chi connectivity index (χ4n) is 3.12. The highest BCUT2D eigenvalue weighted by Gasteiger charge is 2.20. The largest absolute Gasteiger partial charge is 0.332 e. The molecule has 0 fully saturated rings. The highest BCUT2D eigenvalue weighted by Crippen LogP contribution is 2.25. The molecule has 1 N–H and O–H groups in total. The minimum Gasteiger partial charge on any atom is -0.332 e. The van der Waals surface area contributed by atoms with Crippen LogP contribution in [0.3, 0.4) is 0 Å². The molecule has 0 unspecified atom stereocenters. The molecule has 7 nitrogen and oxygen atoms in total. The van der Waals surface area contributed by atoms with Crippen LogP contribution in [0, 0.1) is 6.92 Å². The van der Waals surface area contributed by atoms with Crippen LogP contribution in [0.4, 0.5) is 0 Å². The third-order valence-corrected chi connectivity index (χ3v) is 4.33. The number of nitrogens with one attached hydrogen (secondary N) is 1. The van der Waals surface area contributed by atoms with Gasteiger partial charge in [-0.2, -0.15) is 10.1 Å². The SMILES string of the molecule is Cc1cnn(C)c1-c1nc(-c2cc3c([nH]c2=O)CCCC3)no1. The Bertz CT molecular complexity index is 915. The molecule has 0 aromatic carbocycles. The maximum absolute atomic E-state index is 12.3. The van der Waals surface area contributed by atoms with Crippen molar-refractivity contribution in [2.75, 3.05) is 0 Å². The van der Waals surface area contributed by atoms with Crippen molar-refractivity contribution < 1.29 is 4.52 Å². The number of hydrogen-bond donors (Lipinski definition) is 1. The van der Waals surface area contributed by atoms with Gasteiger partial charge in [-0.25, -0.2) is 0 Å². The van der Waals surface area contributed by atoms with E-state index >= 15 is 0 Å². The minimum atomic E-state index is -0.167. The Morgan fingerprint density at radius 1 is 1.30 bits per heavy atom. The van der Waals surface area contributed by atoms with E-state index in [4.69, 9.17) is 4.52 Å². The summed E-state index contributed by atoms with van der Waals surface area (Å²) in [5.41, 5.74) is 4.21. The van der Waals surface area contributed by atoms with Crippen molar-refractivity contribution in [3.05, 3.63) is 39.4 Å². The van der Waals surface area contributed by atoms with E-state index in [0.29, 0.717) is 17.3 Å². The molecule has 0 bridgehead atoms. The predicted molar refractivity (Wildman–Crippen MR) is 83.9 cm³/mol.